The van der Waals surface area contributed by atoms with E-state index in [1.807, 2.05) is 36.4 Å². The van der Waals surface area contributed by atoms with Crippen molar-refractivity contribution in [3.63, 3.8) is 0 Å². The summed E-state index contributed by atoms with van der Waals surface area (Å²) in [6.07, 6.45) is 3.04. The number of hydrazone groups is 1. The molecule has 186 valence electrons. The minimum absolute atomic E-state index is 0.110. The first-order chi connectivity index (χ1) is 17.5. The molecule has 8 heteroatoms. The summed E-state index contributed by atoms with van der Waals surface area (Å²) in [5.41, 5.74) is 3.76. The number of carbonyl (C=O) groups excluding carboxylic acids is 1. The predicted octanol–water partition coefficient (Wildman–Crippen LogP) is 4.14. The molecular formula is C28H30N4O4. The van der Waals surface area contributed by atoms with Crippen molar-refractivity contribution in [2.45, 2.75) is 38.5 Å². The number of rotatable bonds is 8. The molecule has 2 aromatic carbocycles. The quantitative estimate of drug-likeness (QED) is 0.281. The fourth-order valence-corrected chi connectivity index (χ4v) is 4.93. The van der Waals surface area contributed by atoms with Gasteiger partial charge < -0.3 is 14.4 Å². The standard InChI is InChI=1S/C28H30N4O4/c1-19(30-31-24(33)14-15-29)22(18-32-16-8-3-9-17-32)25(20-10-4-2-5-11-20)26-27(34)21-12-6-7-13-23(21)36-28(26)35/h2,4-7,10-13,22,25,34H,3,8-9,14,16-18H2,1H3,(H,31,33)/b30-19-/t22-,25-/m1/s1. The molecule has 3 aromatic rings. The molecule has 0 unspecified atom stereocenters. The van der Waals surface area contributed by atoms with Crippen molar-refractivity contribution in [3.8, 4) is 11.8 Å². The maximum atomic E-state index is 13.4. The van der Waals surface area contributed by atoms with E-state index in [1.54, 1.807) is 31.2 Å². The lowest BCUT2D eigenvalue weighted by atomic mass is 9.78. The first kappa shape index (κ1) is 25.1. The number of piperidine rings is 1. The van der Waals surface area contributed by atoms with Crippen molar-refractivity contribution < 1.29 is 14.3 Å². The van der Waals surface area contributed by atoms with Gasteiger partial charge in [-0.25, -0.2) is 10.2 Å². The van der Waals surface area contributed by atoms with Gasteiger partial charge in [0.2, 0.25) is 0 Å². The van der Waals surface area contributed by atoms with E-state index >= 15 is 0 Å². The van der Waals surface area contributed by atoms with E-state index in [1.165, 1.54) is 6.42 Å². The Bertz CT molecular complexity index is 1340. The molecule has 1 saturated heterocycles. The smallest absolute Gasteiger partial charge is 0.343 e. The summed E-state index contributed by atoms with van der Waals surface area (Å²) in [6, 6.07) is 18.2. The zero-order chi connectivity index (χ0) is 25.5. The number of nitriles is 1. The summed E-state index contributed by atoms with van der Waals surface area (Å²) in [7, 11) is 0. The number of benzene rings is 2. The van der Waals surface area contributed by atoms with Crippen LogP contribution in [0.4, 0.5) is 0 Å². The molecule has 1 amide bonds. The molecule has 2 atom stereocenters. The molecule has 4 rings (SSSR count). The molecule has 0 bridgehead atoms. The average Bonchev–Trinajstić information content (AvgIpc) is 2.90. The Morgan fingerprint density at radius 1 is 1.14 bits per heavy atom. The van der Waals surface area contributed by atoms with E-state index < -0.39 is 17.5 Å². The van der Waals surface area contributed by atoms with Gasteiger partial charge in [-0.2, -0.15) is 10.4 Å². The second-order valence-corrected chi connectivity index (χ2v) is 9.13. The fourth-order valence-electron chi connectivity index (χ4n) is 4.93. The number of likely N-dealkylation sites (tertiary alicyclic amines) is 1. The zero-order valence-corrected chi connectivity index (χ0v) is 20.3. The highest BCUT2D eigenvalue weighted by atomic mass is 16.4. The number of para-hydroxylation sites is 1. The van der Waals surface area contributed by atoms with Gasteiger partial charge in [0, 0.05) is 24.1 Å². The van der Waals surface area contributed by atoms with Gasteiger partial charge in [0.1, 0.15) is 17.8 Å². The van der Waals surface area contributed by atoms with Crippen LogP contribution in [0, 0.1) is 17.2 Å². The first-order valence-corrected chi connectivity index (χ1v) is 12.2. The Labute approximate surface area is 209 Å². The minimum atomic E-state index is -0.606. The highest BCUT2D eigenvalue weighted by molar-refractivity contribution is 5.89. The van der Waals surface area contributed by atoms with Crippen LogP contribution >= 0.6 is 0 Å². The highest BCUT2D eigenvalue weighted by Gasteiger charge is 2.35. The van der Waals surface area contributed by atoms with E-state index in [2.05, 4.69) is 15.4 Å². The Hall–Kier alpha value is -3.96. The predicted molar refractivity (Wildman–Crippen MR) is 138 cm³/mol. The van der Waals surface area contributed by atoms with Crippen molar-refractivity contribution in [2.24, 2.45) is 11.0 Å². The molecule has 1 fully saturated rings. The van der Waals surface area contributed by atoms with Crippen molar-refractivity contribution in [1.82, 2.24) is 10.3 Å². The summed E-state index contributed by atoms with van der Waals surface area (Å²) in [6.45, 7) is 4.22. The third-order valence-corrected chi connectivity index (χ3v) is 6.73. The zero-order valence-electron chi connectivity index (χ0n) is 20.3. The van der Waals surface area contributed by atoms with Crippen LogP contribution < -0.4 is 11.1 Å². The van der Waals surface area contributed by atoms with Gasteiger partial charge in [0.15, 0.2) is 0 Å². The summed E-state index contributed by atoms with van der Waals surface area (Å²) in [5, 5.41) is 25.0. The third-order valence-electron chi connectivity index (χ3n) is 6.73. The van der Waals surface area contributed by atoms with Crippen LogP contribution in [-0.2, 0) is 4.79 Å². The monoisotopic (exact) mass is 486 g/mol. The van der Waals surface area contributed by atoms with Gasteiger partial charge >= 0.3 is 5.63 Å². The number of nitrogens with zero attached hydrogens (tertiary/aromatic N) is 3. The van der Waals surface area contributed by atoms with Crippen molar-refractivity contribution >= 4 is 22.6 Å². The van der Waals surface area contributed by atoms with Crippen LogP contribution in [0.2, 0.25) is 0 Å². The molecule has 36 heavy (non-hydrogen) atoms. The molecule has 0 aliphatic carbocycles. The summed E-state index contributed by atoms with van der Waals surface area (Å²) >= 11 is 0. The number of aromatic hydroxyl groups is 1. The molecule has 1 aliphatic rings. The lowest BCUT2D eigenvalue weighted by Crippen LogP contribution is -2.40. The molecule has 0 saturated carbocycles. The lowest BCUT2D eigenvalue weighted by molar-refractivity contribution is -0.120. The van der Waals surface area contributed by atoms with E-state index in [-0.39, 0.29) is 23.7 Å². The number of amides is 1. The summed E-state index contributed by atoms with van der Waals surface area (Å²) in [5.74, 6) is -1.55. The largest absolute Gasteiger partial charge is 0.507 e. The number of carbonyl (C=O) groups is 1. The Morgan fingerprint density at radius 3 is 2.56 bits per heavy atom. The Kier molecular flexibility index (Phi) is 8.13. The normalized spacial score (nSPS) is 16.3. The fraction of sp³-hybridized carbons (Fsp3) is 0.357. The van der Waals surface area contributed by atoms with E-state index in [9.17, 15) is 14.7 Å². The number of nitrogens with one attached hydrogen (secondary N) is 1. The second-order valence-electron chi connectivity index (χ2n) is 9.13. The molecular weight excluding hydrogens is 456 g/mol. The van der Waals surface area contributed by atoms with E-state index in [0.717, 1.165) is 31.5 Å². The Morgan fingerprint density at radius 2 is 1.83 bits per heavy atom. The molecule has 0 radical (unpaired) electrons. The van der Waals surface area contributed by atoms with Crippen LogP contribution in [0.3, 0.4) is 0 Å². The Balaban J connectivity index is 1.87. The third kappa shape index (κ3) is 5.64. The molecule has 0 spiro atoms. The van der Waals surface area contributed by atoms with E-state index in [0.29, 0.717) is 23.2 Å². The van der Waals surface area contributed by atoms with Crippen LogP contribution in [0.5, 0.6) is 5.75 Å². The van der Waals surface area contributed by atoms with Gasteiger partial charge in [0.25, 0.3) is 5.91 Å². The first-order valence-electron chi connectivity index (χ1n) is 12.2. The van der Waals surface area contributed by atoms with Crippen LogP contribution in [0.25, 0.3) is 11.0 Å². The van der Waals surface area contributed by atoms with Gasteiger partial charge in [-0.15, -0.1) is 0 Å². The molecule has 1 aliphatic heterocycles. The molecule has 1 aromatic heterocycles. The van der Waals surface area contributed by atoms with Gasteiger partial charge in [0.05, 0.1) is 17.0 Å². The van der Waals surface area contributed by atoms with Crippen LogP contribution in [0.15, 0.2) is 68.9 Å². The number of hydrogen-bond acceptors (Lipinski definition) is 7. The molecule has 2 N–H and O–H groups in total. The maximum absolute atomic E-state index is 13.4. The molecule has 8 nitrogen and oxygen atoms in total. The lowest BCUT2D eigenvalue weighted by Gasteiger charge is -2.34. The van der Waals surface area contributed by atoms with Gasteiger partial charge in [-0.05, 0) is 50.6 Å². The summed E-state index contributed by atoms with van der Waals surface area (Å²) < 4.78 is 5.65. The van der Waals surface area contributed by atoms with E-state index in [4.69, 9.17) is 9.68 Å². The summed E-state index contributed by atoms with van der Waals surface area (Å²) in [4.78, 5) is 27.7. The SMILES string of the molecule is C/C(=N/NC(=O)CC#N)[C@@H](CN1CCCCC1)[C@@H](c1ccccc1)c1c(O)c2ccccc2oc1=O. The van der Waals surface area contributed by atoms with Gasteiger partial charge in [-0.3, -0.25) is 4.79 Å². The maximum Gasteiger partial charge on any atom is 0.343 e. The minimum Gasteiger partial charge on any atom is -0.507 e. The van der Waals surface area contributed by atoms with Crippen LogP contribution in [-0.4, -0.2) is 41.3 Å². The second kappa shape index (κ2) is 11.6. The van der Waals surface area contributed by atoms with Crippen molar-refractivity contribution in [3.05, 3.63) is 76.1 Å². The highest BCUT2D eigenvalue weighted by Crippen LogP contribution is 2.39. The van der Waals surface area contributed by atoms with Crippen LogP contribution in [0.1, 0.15) is 49.7 Å². The van der Waals surface area contributed by atoms with Crippen molar-refractivity contribution in [1.29, 1.82) is 5.26 Å². The number of fused-ring (bicyclic) bond motifs is 1. The average molecular weight is 487 g/mol. The molecule has 2 heterocycles. The van der Waals surface area contributed by atoms with Gasteiger partial charge in [-0.1, -0.05) is 48.9 Å². The topological polar surface area (TPSA) is 119 Å². The number of hydrogen-bond donors (Lipinski definition) is 2. The van der Waals surface area contributed by atoms with Crippen molar-refractivity contribution in [2.75, 3.05) is 19.6 Å².